The van der Waals surface area contributed by atoms with Gasteiger partial charge in [0, 0.05) is 81.7 Å². The van der Waals surface area contributed by atoms with Crippen molar-refractivity contribution in [2.24, 2.45) is 23.7 Å². The molecular weight excluding hydrogens is 917 g/mol. The van der Waals surface area contributed by atoms with Crippen LogP contribution < -0.4 is 10.6 Å². The number of aliphatic carboxylic acids is 1. The molecule has 1 saturated heterocycles. The van der Waals surface area contributed by atoms with Gasteiger partial charge in [-0.05, 0) is 82.0 Å². The second-order valence-electron chi connectivity index (χ2n) is 19.7. The van der Waals surface area contributed by atoms with Crippen LogP contribution >= 0.6 is 11.3 Å². The number of aromatic nitrogens is 1. The first kappa shape index (κ1) is 57.0. The molecule has 70 heavy (non-hydrogen) atoms. The number of ether oxygens (including phenoxy) is 1. The van der Waals surface area contributed by atoms with Crippen molar-refractivity contribution in [1.82, 2.24) is 30.3 Å². The maximum absolute atomic E-state index is 14.4. The fourth-order valence-electron chi connectivity index (χ4n) is 9.17. The number of amides is 5. The molecule has 384 valence electrons. The van der Waals surface area contributed by atoms with Crippen LogP contribution in [0.15, 0.2) is 41.8 Å². The number of carbonyl (C=O) groups excluding carboxylic acids is 8. The van der Waals surface area contributed by atoms with E-state index in [4.69, 9.17) is 4.74 Å². The summed E-state index contributed by atoms with van der Waals surface area (Å²) >= 11 is 1.14. The minimum absolute atomic E-state index is 0.0557. The fraction of sp³-hybridized carbons (Fsp3) is 0.615. The molecule has 7 atom stereocenters. The zero-order valence-electron chi connectivity index (χ0n) is 42.4. The van der Waals surface area contributed by atoms with Crippen molar-refractivity contribution < 1.29 is 53.0 Å². The Balaban J connectivity index is 1.37. The van der Waals surface area contributed by atoms with Crippen LogP contribution in [0, 0.1) is 23.7 Å². The number of benzene rings is 1. The molecule has 4 rings (SSSR count). The fourth-order valence-corrected chi connectivity index (χ4v) is 10.0. The van der Waals surface area contributed by atoms with Crippen molar-refractivity contribution in [2.45, 2.75) is 149 Å². The highest BCUT2D eigenvalue weighted by Crippen LogP contribution is 2.35. The molecule has 0 radical (unpaired) electrons. The van der Waals surface area contributed by atoms with E-state index in [9.17, 15) is 48.3 Å². The number of likely N-dealkylation sites (N-methyl/N-ethyl adjacent to an activating group) is 1. The molecule has 1 fully saturated rings. The van der Waals surface area contributed by atoms with Crippen molar-refractivity contribution in [2.75, 3.05) is 33.7 Å². The summed E-state index contributed by atoms with van der Waals surface area (Å²) in [6.45, 7) is 13.8. The van der Waals surface area contributed by atoms with Gasteiger partial charge in [-0.15, -0.1) is 11.3 Å². The van der Waals surface area contributed by atoms with Gasteiger partial charge in [-0.1, -0.05) is 71.7 Å². The molecule has 5 amide bonds. The number of carboxylic acids is 1. The largest absolute Gasteiger partial charge is 0.481 e. The standard InChI is InChI=1S/C52H74N6O11S/c1-10-33(4)40(28-44(61)52(7)22-14-23-56(52)8)50(66)57(9)42(32(2)3)29-43(69-35(6)59)49-55-41(31-70-49)48(65)54-38(25-34(5)51(67)68)26-36-16-18-37(19-17-36)27-39(60)30-53-45(62)15-12-11-13-24-58-46(63)20-21-47(58)64/h16-21,31-34,38,40,42-43H,10-15,22-30H2,1-9H3,(H,53,62)(H,54,65)(H,67,68)/t33-,34-,38+,40-,42+,43+,52+/m0/s1. The van der Waals surface area contributed by atoms with E-state index in [1.165, 1.54) is 19.1 Å². The summed E-state index contributed by atoms with van der Waals surface area (Å²) in [5, 5.41) is 17.3. The van der Waals surface area contributed by atoms with Crippen molar-refractivity contribution in [3.63, 3.8) is 0 Å². The van der Waals surface area contributed by atoms with Crippen LogP contribution in [0.1, 0.15) is 145 Å². The van der Waals surface area contributed by atoms with Crippen molar-refractivity contribution in [3.05, 3.63) is 63.6 Å². The number of carboxylic acid groups (broad SMARTS) is 1. The number of hydrogen-bond acceptors (Lipinski definition) is 13. The summed E-state index contributed by atoms with van der Waals surface area (Å²) < 4.78 is 5.82. The Bertz CT molecular complexity index is 2210. The minimum atomic E-state index is -1.02. The number of unbranched alkanes of at least 4 members (excludes halogenated alkanes) is 2. The molecule has 2 aromatic rings. The van der Waals surface area contributed by atoms with Gasteiger partial charge < -0.3 is 25.4 Å². The number of carbonyl (C=O) groups is 9. The number of hydrogen-bond donors (Lipinski definition) is 3. The molecule has 3 N–H and O–H groups in total. The quantitative estimate of drug-likeness (QED) is 0.0491. The van der Waals surface area contributed by atoms with E-state index in [1.807, 2.05) is 41.7 Å². The van der Waals surface area contributed by atoms with Crippen LogP contribution in [0.4, 0.5) is 0 Å². The van der Waals surface area contributed by atoms with E-state index in [0.717, 1.165) is 41.2 Å². The number of thiazole rings is 1. The Morgan fingerprint density at radius 2 is 1.61 bits per heavy atom. The molecule has 0 bridgehead atoms. The number of rotatable bonds is 29. The summed E-state index contributed by atoms with van der Waals surface area (Å²) in [7, 11) is 3.68. The van der Waals surface area contributed by atoms with Gasteiger partial charge in [0.05, 0.1) is 18.0 Å². The smallest absolute Gasteiger partial charge is 0.306 e. The Kier molecular flexibility index (Phi) is 21.6. The van der Waals surface area contributed by atoms with Crippen LogP contribution in [-0.2, 0) is 55.9 Å². The van der Waals surface area contributed by atoms with Gasteiger partial charge in [-0.25, -0.2) is 4.98 Å². The summed E-state index contributed by atoms with van der Waals surface area (Å²) in [5.74, 6) is -4.81. The lowest BCUT2D eigenvalue weighted by molar-refractivity contribution is -0.150. The number of likely N-dealkylation sites (tertiary alicyclic amines) is 1. The molecule has 0 spiro atoms. The highest BCUT2D eigenvalue weighted by molar-refractivity contribution is 7.09. The molecular formula is C52H74N6O11S. The summed E-state index contributed by atoms with van der Waals surface area (Å²) in [6, 6.07) is 6.12. The first-order chi connectivity index (χ1) is 33.0. The molecule has 1 aromatic heterocycles. The molecule has 0 unspecified atom stereocenters. The Hall–Kier alpha value is -5.62. The zero-order chi connectivity index (χ0) is 51.9. The van der Waals surface area contributed by atoms with Crippen LogP contribution in [0.3, 0.4) is 0 Å². The Morgan fingerprint density at radius 3 is 2.20 bits per heavy atom. The molecule has 2 aliphatic heterocycles. The highest BCUT2D eigenvalue weighted by atomic mass is 32.1. The van der Waals surface area contributed by atoms with Crippen LogP contribution in [0.5, 0.6) is 0 Å². The predicted octanol–water partition coefficient (Wildman–Crippen LogP) is 5.89. The molecule has 3 heterocycles. The third-order valence-electron chi connectivity index (χ3n) is 14.0. The van der Waals surface area contributed by atoms with Gasteiger partial charge in [0.25, 0.3) is 17.7 Å². The lowest BCUT2D eigenvalue weighted by Gasteiger charge is -2.38. The first-order valence-corrected chi connectivity index (χ1v) is 25.5. The number of esters is 1. The van der Waals surface area contributed by atoms with Crippen LogP contribution in [0.25, 0.3) is 0 Å². The van der Waals surface area contributed by atoms with Crippen LogP contribution in [-0.4, -0.2) is 129 Å². The van der Waals surface area contributed by atoms with E-state index >= 15 is 0 Å². The van der Waals surface area contributed by atoms with Gasteiger partial charge >= 0.3 is 11.9 Å². The summed E-state index contributed by atoms with van der Waals surface area (Å²) in [4.78, 5) is 124. The number of imide groups is 1. The van der Waals surface area contributed by atoms with Crippen molar-refractivity contribution in [3.8, 4) is 0 Å². The average molecular weight is 991 g/mol. The number of nitrogens with zero attached hydrogens (tertiary/aromatic N) is 4. The van der Waals surface area contributed by atoms with Crippen molar-refractivity contribution in [1.29, 1.82) is 0 Å². The molecule has 2 aliphatic rings. The monoisotopic (exact) mass is 991 g/mol. The second-order valence-corrected chi connectivity index (χ2v) is 20.6. The van der Waals surface area contributed by atoms with Gasteiger partial charge in [-0.2, -0.15) is 0 Å². The molecule has 18 heteroatoms. The zero-order valence-corrected chi connectivity index (χ0v) is 43.2. The SMILES string of the molecule is CC[C@H](C)[C@H](CC(=O)[C@@]1(C)CCCN1C)C(=O)N(C)[C@H](C[C@@H](OC(C)=O)c1nc(C(=O)N[C@@H](Cc2ccc(CC(=O)CNC(=O)CCCCCN3C(=O)C=CC3=O)cc2)C[C@H](C)C(=O)O)cs1)C(C)C. The van der Waals surface area contributed by atoms with Gasteiger partial charge in [0.15, 0.2) is 17.7 Å². The van der Waals surface area contributed by atoms with Gasteiger partial charge in [0.1, 0.15) is 10.7 Å². The van der Waals surface area contributed by atoms with Gasteiger partial charge in [-0.3, -0.25) is 53.0 Å². The summed E-state index contributed by atoms with van der Waals surface area (Å²) in [6.07, 6.45) is 6.72. The molecule has 1 aromatic carbocycles. The van der Waals surface area contributed by atoms with E-state index in [2.05, 4.69) is 20.5 Å². The normalized spacial score (nSPS) is 18.5. The van der Waals surface area contributed by atoms with Crippen LogP contribution in [0.2, 0.25) is 0 Å². The average Bonchev–Trinajstić information content (AvgIpc) is 4.03. The van der Waals surface area contributed by atoms with Crippen molar-refractivity contribution >= 4 is 64.4 Å². The lowest BCUT2D eigenvalue weighted by Crippen LogP contribution is -2.50. The maximum Gasteiger partial charge on any atom is 0.306 e. The molecule has 0 saturated carbocycles. The topological polar surface area (TPSA) is 230 Å². The Morgan fingerprint density at radius 1 is 0.957 bits per heavy atom. The lowest BCUT2D eigenvalue weighted by atomic mass is 9.80. The number of nitrogens with one attached hydrogen (secondary N) is 2. The Labute approximate surface area is 416 Å². The van der Waals surface area contributed by atoms with Gasteiger partial charge in [0.2, 0.25) is 11.8 Å². The second kappa shape index (κ2) is 26.6. The van der Waals surface area contributed by atoms with E-state index < -0.39 is 53.4 Å². The summed E-state index contributed by atoms with van der Waals surface area (Å²) in [5.41, 5.74) is 0.941. The molecule has 0 aliphatic carbocycles. The van der Waals surface area contributed by atoms with E-state index in [-0.39, 0.29) is 97.8 Å². The molecule has 17 nitrogen and oxygen atoms in total. The number of Topliss-reactive ketones (excluding diaryl/α,β-unsaturated/α-hetero) is 2. The third kappa shape index (κ3) is 16.2. The minimum Gasteiger partial charge on any atom is -0.481 e. The highest BCUT2D eigenvalue weighted by Gasteiger charge is 2.44. The third-order valence-corrected chi connectivity index (χ3v) is 15.0. The number of ketones is 2. The van der Waals surface area contributed by atoms with E-state index in [1.54, 1.807) is 48.5 Å². The first-order valence-electron chi connectivity index (χ1n) is 24.6. The van der Waals surface area contributed by atoms with E-state index in [0.29, 0.717) is 42.8 Å². The predicted molar refractivity (Wildman–Crippen MR) is 264 cm³/mol. The maximum atomic E-state index is 14.4.